The van der Waals surface area contributed by atoms with E-state index in [-0.39, 0.29) is 0 Å². The summed E-state index contributed by atoms with van der Waals surface area (Å²) in [5, 5.41) is 0.535. The molecule has 2 aromatic carbocycles. The molecule has 6 heteroatoms. The SMILES string of the molecule is O=S(=O)(c1ccc(Cl)cc1)N1CCC(COCc2ccccc2)CC1. The smallest absolute Gasteiger partial charge is 0.243 e. The minimum atomic E-state index is -3.43. The molecule has 0 aromatic heterocycles. The van der Waals surface area contributed by atoms with Crippen molar-refractivity contribution >= 4 is 21.6 Å². The van der Waals surface area contributed by atoms with Crippen LogP contribution in [0.3, 0.4) is 0 Å². The topological polar surface area (TPSA) is 46.6 Å². The lowest BCUT2D eigenvalue weighted by Gasteiger charge is -2.31. The maximum Gasteiger partial charge on any atom is 0.243 e. The summed E-state index contributed by atoms with van der Waals surface area (Å²) in [7, 11) is -3.43. The first-order valence-electron chi connectivity index (χ1n) is 8.43. The van der Waals surface area contributed by atoms with Crippen LogP contribution < -0.4 is 0 Å². The highest BCUT2D eigenvalue weighted by Gasteiger charge is 2.29. The molecule has 3 rings (SSSR count). The molecule has 1 aliphatic rings. The average Bonchev–Trinajstić information content (AvgIpc) is 2.63. The standard InChI is InChI=1S/C19H22ClNO3S/c20-18-6-8-19(9-7-18)25(22,23)21-12-10-17(11-13-21)15-24-14-16-4-2-1-3-5-16/h1-9,17H,10-15H2. The maximum atomic E-state index is 12.7. The van der Waals surface area contributed by atoms with Gasteiger partial charge in [-0.05, 0) is 48.6 Å². The van der Waals surface area contributed by atoms with Gasteiger partial charge in [-0.1, -0.05) is 41.9 Å². The Morgan fingerprint density at radius 3 is 2.28 bits per heavy atom. The van der Waals surface area contributed by atoms with Gasteiger partial charge in [0, 0.05) is 24.7 Å². The van der Waals surface area contributed by atoms with Crippen LogP contribution in [0.4, 0.5) is 0 Å². The Bertz CT molecular complexity index is 770. The van der Waals surface area contributed by atoms with Gasteiger partial charge >= 0.3 is 0 Å². The molecule has 1 heterocycles. The zero-order valence-corrected chi connectivity index (χ0v) is 15.5. The molecule has 0 N–H and O–H groups in total. The van der Waals surface area contributed by atoms with Crippen LogP contribution >= 0.6 is 11.6 Å². The zero-order chi connectivity index (χ0) is 17.7. The van der Waals surface area contributed by atoms with Gasteiger partial charge < -0.3 is 4.74 Å². The summed E-state index contributed by atoms with van der Waals surface area (Å²) >= 11 is 5.84. The number of rotatable bonds is 6. The maximum absolute atomic E-state index is 12.7. The Morgan fingerprint density at radius 1 is 1.00 bits per heavy atom. The highest BCUT2D eigenvalue weighted by Crippen LogP contribution is 2.25. The van der Waals surface area contributed by atoms with Crippen LogP contribution in [0.2, 0.25) is 5.02 Å². The van der Waals surface area contributed by atoms with Crippen molar-refractivity contribution in [2.75, 3.05) is 19.7 Å². The van der Waals surface area contributed by atoms with Gasteiger partial charge in [-0.3, -0.25) is 0 Å². The summed E-state index contributed by atoms with van der Waals surface area (Å²) < 4.78 is 32.7. The summed E-state index contributed by atoms with van der Waals surface area (Å²) in [4.78, 5) is 0.302. The minimum Gasteiger partial charge on any atom is -0.376 e. The van der Waals surface area contributed by atoms with Gasteiger partial charge in [-0.2, -0.15) is 4.31 Å². The van der Waals surface area contributed by atoms with Crippen molar-refractivity contribution in [3.8, 4) is 0 Å². The first-order valence-corrected chi connectivity index (χ1v) is 10.2. The molecule has 0 saturated carbocycles. The number of benzene rings is 2. The highest BCUT2D eigenvalue weighted by atomic mass is 35.5. The van der Waals surface area contributed by atoms with Crippen molar-refractivity contribution in [1.82, 2.24) is 4.31 Å². The van der Waals surface area contributed by atoms with Gasteiger partial charge in [0.2, 0.25) is 10.0 Å². The molecule has 2 aromatic rings. The molecule has 4 nitrogen and oxygen atoms in total. The second-order valence-corrected chi connectivity index (χ2v) is 8.68. The summed E-state index contributed by atoms with van der Waals surface area (Å²) in [6.45, 7) is 2.34. The third-order valence-electron chi connectivity index (χ3n) is 4.49. The number of piperidine rings is 1. The Hall–Kier alpha value is -1.40. The van der Waals surface area contributed by atoms with Gasteiger partial charge in [0.1, 0.15) is 0 Å². The van der Waals surface area contributed by atoms with Crippen LogP contribution in [0.15, 0.2) is 59.5 Å². The van der Waals surface area contributed by atoms with E-state index in [0.29, 0.717) is 42.1 Å². The second kappa shape index (κ2) is 8.32. The molecule has 0 bridgehead atoms. The zero-order valence-electron chi connectivity index (χ0n) is 14.0. The van der Waals surface area contributed by atoms with E-state index >= 15 is 0 Å². The number of ether oxygens (including phenoxy) is 1. The Kier molecular flexibility index (Phi) is 6.12. The molecule has 0 radical (unpaired) electrons. The van der Waals surface area contributed by atoms with Crippen molar-refractivity contribution in [2.24, 2.45) is 5.92 Å². The van der Waals surface area contributed by atoms with Crippen LogP contribution in [-0.2, 0) is 21.4 Å². The molecule has 1 saturated heterocycles. The van der Waals surface area contributed by atoms with Gasteiger partial charge in [0.25, 0.3) is 0 Å². The lowest BCUT2D eigenvalue weighted by atomic mass is 9.99. The van der Waals surface area contributed by atoms with Crippen molar-refractivity contribution in [3.63, 3.8) is 0 Å². The fourth-order valence-corrected chi connectivity index (χ4v) is 4.59. The third kappa shape index (κ3) is 4.82. The Balaban J connectivity index is 1.49. The van der Waals surface area contributed by atoms with Crippen LogP contribution in [0.1, 0.15) is 18.4 Å². The van der Waals surface area contributed by atoms with E-state index < -0.39 is 10.0 Å². The molecule has 25 heavy (non-hydrogen) atoms. The van der Waals surface area contributed by atoms with E-state index in [4.69, 9.17) is 16.3 Å². The predicted octanol–water partition coefficient (Wildman–Crippen LogP) is 3.96. The number of halogens is 1. The van der Waals surface area contributed by atoms with Crippen molar-refractivity contribution in [2.45, 2.75) is 24.3 Å². The van der Waals surface area contributed by atoms with E-state index in [0.717, 1.165) is 18.4 Å². The van der Waals surface area contributed by atoms with Crippen LogP contribution in [0.5, 0.6) is 0 Å². The molecule has 1 fully saturated rings. The van der Waals surface area contributed by atoms with Crippen LogP contribution in [0, 0.1) is 5.92 Å². The summed E-state index contributed by atoms with van der Waals surface area (Å²) in [5.41, 5.74) is 1.16. The van der Waals surface area contributed by atoms with E-state index in [1.165, 1.54) is 0 Å². The Labute approximate surface area is 154 Å². The minimum absolute atomic E-state index is 0.302. The first kappa shape index (κ1) is 18.4. The normalized spacial score (nSPS) is 16.8. The van der Waals surface area contributed by atoms with E-state index in [2.05, 4.69) is 0 Å². The summed E-state index contributed by atoms with van der Waals surface area (Å²) in [6.07, 6.45) is 1.64. The summed E-state index contributed by atoms with van der Waals surface area (Å²) in [6, 6.07) is 16.4. The second-order valence-electron chi connectivity index (χ2n) is 6.30. The molecule has 0 spiro atoms. The molecule has 0 aliphatic carbocycles. The van der Waals surface area contributed by atoms with E-state index in [1.54, 1.807) is 28.6 Å². The number of nitrogens with zero attached hydrogens (tertiary/aromatic N) is 1. The molecule has 0 amide bonds. The Morgan fingerprint density at radius 2 is 1.64 bits per heavy atom. The molecule has 134 valence electrons. The lowest BCUT2D eigenvalue weighted by molar-refractivity contribution is 0.0688. The van der Waals surface area contributed by atoms with Gasteiger partial charge in [-0.15, -0.1) is 0 Å². The fraction of sp³-hybridized carbons (Fsp3) is 0.368. The van der Waals surface area contributed by atoms with Gasteiger partial charge in [0.15, 0.2) is 0 Å². The molecule has 0 unspecified atom stereocenters. The monoisotopic (exact) mass is 379 g/mol. The largest absolute Gasteiger partial charge is 0.376 e. The number of hydrogen-bond donors (Lipinski definition) is 0. The average molecular weight is 380 g/mol. The van der Waals surface area contributed by atoms with Gasteiger partial charge in [-0.25, -0.2) is 8.42 Å². The summed E-state index contributed by atoms with van der Waals surface area (Å²) in [5.74, 6) is 0.403. The number of sulfonamides is 1. The predicted molar refractivity (Wildman–Crippen MR) is 99.0 cm³/mol. The lowest BCUT2D eigenvalue weighted by Crippen LogP contribution is -2.39. The van der Waals surface area contributed by atoms with Crippen molar-refractivity contribution in [3.05, 3.63) is 65.2 Å². The molecular weight excluding hydrogens is 358 g/mol. The van der Waals surface area contributed by atoms with Gasteiger partial charge in [0.05, 0.1) is 11.5 Å². The van der Waals surface area contributed by atoms with Crippen LogP contribution in [0.25, 0.3) is 0 Å². The quantitative estimate of drug-likeness (QED) is 0.763. The fourth-order valence-electron chi connectivity index (χ4n) is 2.99. The highest BCUT2D eigenvalue weighted by molar-refractivity contribution is 7.89. The van der Waals surface area contributed by atoms with Crippen LogP contribution in [-0.4, -0.2) is 32.4 Å². The molecular formula is C19H22ClNO3S. The molecule has 0 atom stereocenters. The first-order chi connectivity index (χ1) is 12.1. The molecule has 1 aliphatic heterocycles. The van der Waals surface area contributed by atoms with Crippen molar-refractivity contribution < 1.29 is 13.2 Å². The van der Waals surface area contributed by atoms with E-state index in [1.807, 2.05) is 30.3 Å². The number of hydrogen-bond acceptors (Lipinski definition) is 3. The third-order valence-corrected chi connectivity index (χ3v) is 6.65. The van der Waals surface area contributed by atoms with E-state index in [9.17, 15) is 8.42 Å². The van der Waals surface area contributed by atoms with Crippen molar-refractivity contribution in [1.29, 1.82) is 0 Å².